The van der Waals surface area contributed by atoms with Crippen LogP contribution < -0.4 is 0 Å². The monoisotopic (exact) mass is 146 g/mol. The number of epoxide rings is 2. The van der Waals surface area contributed by atoms with Crippen molar-refractivity contribution in [1.29, 1.82) is 0 Å². The van der Waals surface area contributed by atoms with Crippen LogP contribution in [-0.2, 0) is 9.47 Å². The van der Waals surface area contributed by atoms with Gasteiger partial charge in [-0.3, -0.25) is 0 Å². The highest BCUT2D eigenvalue weighted by atomic mass is 16.6. The maximum atomic E-state index is 9.27. The first kappa shape index (κ1) is 6.54. The Morgan fingerprint density at radius 1 is 1.60 bits per heavy atom. The molecule has 0 aromatic carbocycles. The Labute approximate surface area is 58.4 Å². The van der Waals surface area contributed by atoms with Gasteiger partial charge in [-0.05, 0) is 0 Å². The van der Waals surface area contributed by atoms with Crippen LogP contribution >= 0.6 is 0 Å². The van der Waals surface area contributed by atoms with Crippen LogP contribution in [0.1, 0.15) is 0 Å². The van der Waals surface area contributed by atoms with Gasteiger partial charge in [0.1, 0.15) is 24.4 Å². The van der Waals surface area contributed by atoms with E-state index in [9.17, 15) is 5.11 Å². The molecule has 10 heavy (non-hydrogen) atoms. The summed E-state index contributed by atoms with van der Waals surface area (Å²) in [5.74, 6) is 0. The average molecular weight is 146 g/mol. The number of aliphatic hydroxyl groups excluding tert-OH is 2. The van der Waals surface area contributed by atoms with Crippen LogP contribution in [0.3, 0.4) is 0 Å². The summed E-state index contributed by atoms with van der Waals surface area (Å²) in [6.45, 7) is 0.619. The lowest BCUT2D eigenvalue weighted by atomic mass is 10.1. The van der Waals surface area contributed by atoms with Gasteiger partial charge >= 0.3 is 0 Å². The number of hydrogen-bond donors (Lipinski definition) is 2. The van der Waals surface area contributed by atoms with Crippen LogP contribution in [0, 0.1) is 0 Å². The molecule has 0 amide bonds. The third-order valence-corrected chi connectivity index (χ3v) is 1.88. The van der Waals surface area contributed by atoms with Crippen LogP contribution in [0.2, 0.25) is 0 Å². The first-order valence-corrected chi connectivity index (χ1v) is 3.39. The third-order valence-electron chi connectivity index (χ3n) is 1.88. The van der Waals surface area contributed by atoms with E-state index in [-0.39, 0.29) is 24.9 Å². The second-order valence-corrected chi connectivity index (χ2v) is 2.68. The second-order valence-electron chi connectivity index (χ2n) is 2.68. The van der Waals surface area contributed by atoms with Gasteiger partial charge in [0.2, 0.25) is 0 Å². The summed E-state index contributed by atoms with van der Waals surface area (Å²) in [6.07, 6.45) is -0.907. The van der Waals surface area contributed by atoms with E-state index in [1.54, 1.807) is 0 Å². The summed E-state index contributed by atoms with van der Waals surface area (Å²) in [7, 11) is 0. The number of rotatable bonds is 3. The first-order valence-electron chi connectivity index (χ1n) is 3.39. The Bertz CT molecular complexity index is 134. The minimum Gasteiger partial charge on any atom is -0.394 e. The first-order chi connectivity index (χ1) is 4.83. The van der Waals surface area contributed by atoms with Crippen molar-refractivity contribution in [3.63, 3.8) is 0 Å². The van der Waals surface area contributed by atoms with E-state index < -0.39 is 6.10 Å². The van der Waals surface area contributed by atoms with Crippen LogP contribution in [0.15, 0.2) is 0 Å². The van der Waals surface area contributed by atoms with E-state index in [2.05, 4.69) is 0 Å². The van der Waals surface area contributed by atoms with Crippen molar-refractivity contribution < 1.29 is 19.7 Å². The Hall–Kier alpha value is -0.160. The van der Waals surface area contributed by atoms with Crippen molar-refractivity contribution in [2.75, 3.05) is 13.2 Å². The van der Waals surface area contributed by atoms with Gasteiger partial charge in [-0.1, -0.05) is 0 Å². The van der Waals surface area contributed by atoms with Crippen LogP contribution in [0.25, 0.3) is 0 Å². The third kappa shape index (κ3) is 1.03. The highest BCUT2D eigenvalue weighted by molar-refractivity contribution is 4.96. The van der Waals surface area contributed by atoms with Crippen molar-refractivity contribution in [2.24, 2.45) is 0 Å². The van der Waals surface area contributed by atoms with Gasteiger partial charge in [-0.15, -0.1) is 0 Å². The normalized spacial score (nSPS) is 46.8. The summed E-state index contributed by atoms with van der Waals surface area (Å²) in [6, 6.07) is 0. The highest BCUT2D eigenvalue weighted by Crippen LogP contribution is 2.30. The van der Waals surface area contributed by atoms with Gasteiger partial charge in [0.25, 0.3) is 0 Å². The van der Waals surface area contributed by atoms with E-state index >= 15 is 0 Å². The van der Waals surface area contributed by atoms with Crippen molar-refractivity contribution in [2.45, 2.75) is 24.4 Å². The molecule has 2 fully saturated rings. The summed E-state index contributed by atoms with van der Waals surface area (Å²) in [5.41, 5.74) is 0. The van der Waals surface area contributed by atoms with Gasteiger partial charge in [-0.2, -0.15) is 0 Å². The molecule has 0 aromatic rings. The smallest absolute Gasteiger partial charge is 0.115 e. The van der Waals surface area contributed by atoms with E-state index in [4.69, 9.17) is 14.6 Å². The molecule has 0 unspecified atom stereocenters. The Kier molecular flexibility index (Phi) is 1.42. The molecule has 58 valence electrons. The minimum atomic E-state index is -0.530. The molecular weight excluding hydrogens is 136 g/mol. The number of aliphatic hydroxyl groups is 2. The van der Waals surface area contributed by atoms with E-state index in [0.717, 1.165) is 0 Å². The molecule has 2 N–H and O–H groups in total. The molecule has 2 aliphatic rings. The van der Waals surface area contributed by atoms with Crippen molar-refractivity contribution >= 4 is 0 Å². The zero-order valence-electron chi connectivity index (χ0n) is 5.43. The molecular formula is C6H10O4. The predicted octanol–water partition coefficient (Wildman–Crippen LogP) is -1.49. The SMILES string of the molecule is OC[C@@H]1O[C@H]1[C@H](O)[C@H]1CO1. The molecule has 4 atom stereocenters. The molecule has 2 rings (SSSR count). The largest absolute Gasteiger partial charge is 0.394 e. The van der Waals surface area contributed by atoms with E-state index in [1.165, 1.54) is 0 Å². The van der Waals surface area contributed by atoms with Crippen molar-refractivity contribution in [1.82, 2.24) is 0 Å². The van der Waals surface area contributed by atoms with E-state index in [0.29, 0.717) is 6.61 Å². The molecule has 4 nitrogen and oxygen atoms in total. The number of ether oxygens (including phenoxy) is 2. The molecule has 0 aliphatic carbocycles. The topological polar surface area (TPSA) is 65.5 Å². The fourth-order valence-corrected chi connectivity index (χ4v) is 1.07. The lowest BCUT2D eigenvalue weighted by Crippen LogP contribution is -2.24. The fraction of sp³-hybridized carbons (Fsp3) is 1.00. The molecule has 2 aliphatic heterocycles. The lowest BCUT2D eigenvalue weighted by Gasteiger charge is -1.99. The zero-order valence-corrected chi connectivity index (χ0v) is 5.43. The maximum absolute atomic E-state index is 9.27. The molecule has 0 aromatic heterocycles. The predicted molar refractivity (Wildman–Crippen MR) is 31.5 cm³/mol. The van der Waals surface area contributed by atoms with Gasteiger partial charge in [0, 0.05) is 0 Å². The Morgan fingerprint density at radius 3 is 2.70 bits per heavy atom. The second kappa shape index (κ2) is 2.17. The van der Waals surface area contributed by atoms with Crippen LogP contribution in [0.5, 0.6) is 0 Å². The molecule has 2 saturated heterocycles. The summed E-state index contributed by atoms with van der Waals surface area (Å²) < 4.78 is 9.80. The molecule has 0 bridgehead atoms. The summed E-state index contributed by atoms with van der Waals surface area (Å²) >= 11 is 0. The molecule has 2 heterocycles. The quantitative estimate of drug-likeness (QED) is 0.476. The molecule has 4 heteroatoms. The maximum Gasteiger partial charge on any atom is 0.115 e. The van der Waals surface area contributed by atoms with Gasteiger partial charge in [-0.25, -0.2) is 0 Å². The minimum absolute atomic E-state index is 0.00551. The van der Waals surface area contributed by atoms with Crippen molar-refractivity contribution in [3.8, 4) is 0 Å². The standard InChI is InChI=1S/C6H10O4/c7-1-3-6(10-3)5(8)4-2-9-4/h3-8H,1-2H2/t3-,4+,5+,6+/m0/s1. The average Bonchev–Trinajstić information content (AvgIpc) is 2.83. The molecule has 0 saturated carbocycles. The van der Waals surface area contributed by atoms with Gasteiger partial charge in [0.15, 0.2) is 0 Å². The van der Waals surface area contributed by atoms with Crippen molar-refractivity contribution in [3.05, 3.63) is 0 Å². The lowest BCUT2D eigenvalue weighted by molar-refractivity contribution is 0.103. The number of hydrogen-bond acceptors (Lipinski definition) is 4. The zero-order chi connectivity index (χ0) is 7.14. The fourth-order valence-electron chi connectivity index (χ4n) is 1.07. The molecule has 0 radical (unpaired) electrons. The van der Waals surface area contributed by atoms with Crippen LogP contribution in [0.4, 0.5) is 0 Å². The molecule has 0 spiro atoms. The summed E-state index contributed by atoms with van der Waals surface area (Å²) in [5, 5.41) is 17.8. The van der Waals surface area contributed by atoms with Gasteiger partial charge < -0.3 is 19.7 Å². The van der Waals surface area contributed by atoms with Gasteiger partial charge in [0.05, 0.1) is 13.2 Å². The Balaban J connectivity index is 1.78. The highest BCUT2D eigenvalue weighted by Gasteiger charge is 2.50. The van der Waals surface area contributed by atoms with E-state index in [1.807, 2.05) is 0 Å². The van der Waals surface area contributed by atoms with Crippen LogP contribution in [-0.4, -0.2) is 47.8 Å². The summed E-state index contributed by atoms with van der Waals surface area (Å²) in [4.78, 5) is 0. The Morgan fingerprint density at radius 2 is 2.30 bits per heavy atom.